The molecular weight excluding hydrogens is 248 g/mol. The Balaban J connectivity index is 2.36. The van der Waals surface area contributed by atoms with Crippen molar-refractivity contribution < 1.29 is 0 Å². The van der Waals surface area contributed by atoms with E-state index in [1.165, 1.54) is 31.4 Å². The van der Waals surface area contributed by atoms with Crippen LogP contribution in [0.1, 0.15) is 51.3 Å². The van der Waals surface area contributed by atoms with Gasteiger partial charge in [-0.05, 0) is 65.7 Å². The molecule has 4 heteroatoms. The van der Waals surface area contributed by atoms with Crippen molar-refractivity contribution in [2.75, 3.05) is 21.1 Å². The van der Waals surface area contributed by atoms with Crippen molar-refractivity contribution in [1.29, 1.82) is 0 Å². The van der Waals surface area contributed by atoms with Gasteiger partial charge in [-0.3, -0.25) is 4.68 Å². The van der Waals surface area contributed by atoms with E-state index in [4.69, 9.17) is 0 Å². The van der Waals surface area contributed by atoms with Crippen LogP contribution in [0.25, 0.3) is 0 Å². The summed E-state index contributed by atoms with van der Waals surface area (Å²) in [5, 5.41) is 8.05. The van der Waals surface area contributed by atoms with E-state index in [0.717, 1.165) is 12.5 Å². The molecule has 1 aromatic heterocycles. The standard InChI is InChI=1S/C16H30N4/c1-6-20-14(9-12-18-20)15(17-3)16(19(4)5)10-7-13(2)8-11-16/h9,12-13,15,17H,6-8,10-11H2,1-5H3. The minimum atomic E-state index is 0.203. The summed E-state index contributed by atoms with van der Waals surface area (Å²) in [4.78, 5) is 2.44. The van der Waals surface area contributed by atoms with E-state index < -0.39 is 0 Å². The predicted octanol–water partition coefficient (Wildman–Crippen LogP) is 2.67. The number of hydrogen-bond donors (Lipinski definition) is 1. The Bertz CT molecular complexity index is 416. The Morgan fingerprint density at radius 1 is 1.45 bits per heavy atom. The number of hydrogen-bond acceptors (Lipinski definition) is 3. The quantitative estimate of drug-likeness (QED) is 0.899. The number of likely N-dealkylation sites (N-methyl/N-ethyl adjacent to an activating group) is 2. The van der Waals surface area contributed by atoms with E-state index in [-0.39, 0.29) is 5.54 Å². The first kappa shape index (κ1) is 15.5. The molecule has 2 rings (SSSR count). The van der Waals surface area contributed by atoms with Crippen molar-refractivity contribution in [3.8, 4) is 0 Å². The summed E-state index contributed by atoms with van der Waals surface area (Å²) in [6, 6.07) is 2.51. The maximum atomic E-state index is 4.46. The van der Waals surface area contributed by atoms with Crippen molar-refractivity contribution >= 4 is 0 Å². The van der Waals surface area contributed by atoms with Crippen LogP contribution in [-0.4, -0.2) is 41.4 Å². The van der Waals surface area contributed by atoms with Gasteiger partial charge in [0.15, 0.2) is 0 Å². The van der Waals surface area contributed by atoms with Crippen LogP contribution in [0.4, 0.5) is 0 Å². The molecule has 0 saturated heterocycles. The lowest BCUT2D eigenvalue weighted by Gasteiger charge is -2.49. The molecule has 0 aliphatic heterocycles. The minimum Gasteiger partial charge on any atom is -0.310 e. The Morgan fingerprint density at radius 3 is 2.60 bits per heavy atom. The lowest BCUT2D eigenvalue weighted by atomic mass is 9.71. The molecule has 1 saturated carbocycles. The van der Waals surface area contributed by atoms with Gasteiger partial charge in [-0.1, -0.05) is 6.92 Å². The fraction of sp³-hybridized carbons (Fsp3) is 0.812. The van der Waals surface area contributed by atoms with Gasteiger partial charge in [0.05, 0.1) is 11.7 Å². The molecule has 1 aliphatic carbocycles. The van der Waals surface area contributed by atoms with Crippen LogP contribution in [0, 0.1) is 5.92 Å². The zero-order chi connectivity index (χ0) is 14.8. The Hall–Kier alpha value is -0.870. The van der Waals surface area contributed by atoms with Crippen LogP contribution < -0.4 is 5.32 Å². The van der Waals surface area contributed by atoms with E-state index in [1.54, 1.807) is 0 Å². The smallest absolute Gasteiger partial charge is 0.0676 e. The summed E-state index contributed by atoms with van der Waals surface area (Å²) < 4.78 is 2.13. The second kappa shape index (κ2) is 6.27. The number of aryl methyl sites for hydroxylation is 1. The third-order valence-corrected chi connectivity index (χ3v) is 5.20. The summed E-state index contributed by atoms with van der Waals surface area (Å²) in [6.45, 7) is 5.47. The second-order valence-corrected chi connectivity index (χ2v) is 6.47. The number of rotatable bonds is 5. The van der Waals surface area contributed by atoms with Crippen LogP contribution in [0.15, 0.2) is 12.3 Å². The van der Waals surface area contributed by atoms with E-state index in [9.17, 15) is 0 Å². The molecule has 4 nitrogen and oxygen atoms in total. The summed E-state index contributed by atoms with van der Waals surface area (Å²) in [6.07, 6.45) is 7.06. The van der Waals surface area contributed by atoms with Gasteiger partial charge < -0.3 is 10.2 Å². The molecule has 0 radical (unpaired) electrons. The van der Waals surface area contributed by atoms with Gasteiger partial charge in [-0.15, -0.1) is 0 Å². The predicted molar refractivity (Wildman–Crippen MR) is 83.8 cm³/mol. The molecule has 1 fully saturated rings. The first-order valence-electron chi connectivity index (χ1n) is 7.91. The third kappa shape index (κ3) is 2.63. The Kier molecular flexibility index (Phi) is 4.86. The largest absolute Gasteiger partial charge is 0.310 e. The van der Waals surface area contributed by atoms with Crippen LogP contribution in [0.2, 0.25) is 0 Å². The average molecular weight is 278 g/mol. The van der Waals surface area contributed by atoms with E-state index in [2.05, 4.69) is 61.1 Å². The van der Waals surface area contributed by atoms with Gasteiger partial charge in [-0.2, -0.15) is 5.10 Å². The van der Waals surface area contributed by atoms with Crippen LogP contribution >= 0.6 is 0 Å². The Morgan fingerprint density at radius 2 is 2.10 bits per heavy atom. The molecule has 1 aromatic rings. The van der Waals surface area contributed by atoms with Gasteiger partial charge in [-0.25, -0.2) is 0 Å². The second-order valence-electron chi connectivity index (χ2n) is 6.47. The molecule has 0 aromatic carbocycles. The van der Waals surface area contributed by atoms with E-state index in [1.807, 2.05) is 6.20 Å². The zero-order valence-corrected chi connectivity index (χ0v) is 13.7. The van der Waals surface area contributed by atoms with E-state index >= 15 is 0 Å². The highest BCUT2D eigenvalue weighted by molar-refractivity contribution is 5.16. The van der Waals surface area contributed by atoms with Gasteiger partial charge in [0, 0.05) is 18.3 Å². The summed E-state index contributed by atoms with van der Waals surface area (Å²) in [5.41, 5.74) is 1.52. The van der Waals surface area contributed by atoms with Crippen LogP contribution in [0.5, 0.6) is 0 Å². The fourth-order valence-corrected chi connectivity index (χ4v) is 3.80. The summed E-state index contributed by atoms with van der Waals surface area (Å²) in [7, 11) is 6.54. The molecule has 0 amide bonds. The van der Waals surface area contributed by atoms with Gasteiger partial charge in [0.2, 0.25) is 0 Å². The van der Waals surface area contributed by atoms with Gasteiger partial charge in [0.1, 0.15) is 0 Å². The first-order chi connectivity index (χ1) is 9.55. The van der Waals surface area contributed by atoms with Crippen LogP contribution in [-0.2, 0) is 6.54 Å². The highest BCUT2D eigenvalue weighted by atomic mass is 15.3. The molecule has 0 bridgehead atoms. The molecule has 1 N–H and O–H groups in total. The summed E-state index contributed by atoms with van der Waals surface area (Å²) >= 11 is 0. The lowest BCUT2D eigenvalue weighted by molar-refractivity contribution is 0.0425. The maximum absolute atomic E-state index is 4.46. The SMILES string of the molecule is CCn1nccc1C(NC)C1(N(C)C)CCC(C)CC1. The van der Waals surface area contributed by atoms with E-state index in [0.29, 0.717) is 6.04 Å². The molecular formula is C16H30N4. The fourth-order valence-electron chi connectivity index (χ4n) is 3.80. The van der Waals surface area contributed by atoms with Crippen molar-refractivity contribution in [1.82, 2.24) is 20.0 Å². The van der Waals surface area contributed by atoms with Gasteiger partial charge >= 0.3 is 0 Å². The Labute approximate surface area is 123 Å². The topological polar surface area (TPSA) is 33.1 Å². The van der Waals surface area contributed by atoms with Gasteiger partial charge in [0.25, 0.3) is 0 Å². The maximum Gasteiger partial charge on any atom is 0.0676 e. The number of nitrogens with one attached hydrogen (secondary N) is 1. The monoisotopic (exact) mass is 278 g/mol. The normalized spacial score (nSPS) is 28.8. The molecule has 0 spiro atoms. The number of aromatic nitrogens is 2. The van der Waals surface area contributed by atoms with Crippen molar-refractivity contribution in [2.45, 2.75) is 57.7 Å². The minimum absolute atomic E-state index is 0.203. The lowest BCUT2D eigenvalue weighted by Crippen LogP contribution is -2.55. The highest BCUT2D eigenvalue weighted by Gasteiger charge is 2.44. The van der Waals surface area contributed by atoms with Crippen molar-refractivity contribution in [2.24, 2.45) is 5.92 Å². The van der Waals surface area contributed by atoms with Crippen molar-refractivity contribution in [3.63, 3.8) is 0 Å². The molecule has 114 valence electrons. The molecule has 1 atom stereocenters. The average Bonchev–Trinajstić information content (AvgIpc) is 2.90. The number of nitrogens with zero attached hydrogens (tertiary/aromatic N) is 3. The summed E-state index contributed by atoms with van der Waals surface area (Å²) in [5.74, 6) is 0.858. The van der Waals surface area contributed by atoms with Crippen LogP contribution in [0.3, 0.4) is 0 Å². The first-order valence-corrected chi connectivity index (χ1v) is 7.91. The third-order valence-electron chi connectivity index (χ3n) is 5.20. The molecule has 20 heavy (non-hydrogen) atoms. The highest BCUT2D eigenvalue weighted by Crippen LogP contribution is 2.43. The molecule has 1 aliphatic rings. The molecule has 1 unspecified atom stereocenters. The van der Waals surface area contributed by atoms with Crippen molar-refractivity contribution in [3.05, 3.63) is 18.0 Å². The zero-order valence-electron chi connectivity index (χ0n) is 13.7. The molecule has 1 heterocycles.